The second-order valence-electron chi connectivity index (χ2n) is 4.77. The predicted octanol–water partition coefficient (Wildman–Crippen LogP) is 1.11. The fourth-order valence-electron chi connectivity index (χ4n) is 2.55. The maximum absolute atomic E-state index is 11.6. The van der Waals surface area contributed by atoms with Crippen LogP contribution in [0.3, 0.4) is 0 Å². The standard InChI is InChI=1S/C10H18N4OS/c1-13(2)10(5-3-4-6-10)7-14-8(15)11-12-9(14)16/h3-7H2,1-2H3,(H,11,15)(H,12,16). The maximum atomic E-state index is 11.6. The van der Waals surface area contributed by atoms with Crippen LogP contribution in [0.15, 0.2) is 4.79 Å². The van der Waals surface area contributed by atoms with Gasteiger partial charge >= 0.3 is 5.69 Å². The molecule has 2 rings (SSSR count). The first-order valence-corrected chi connectivity index (χ1v) is 6.01. The van der Waals surface area contributed by atoms with Crippen molar-refractivity contribution in [2.45, 2.75) is 37.8 Å². The SMILES string of the molecule is CN(C)C1(Cn2c(=O)[nH][nH]c2=S)CCCC1. The van der Waals surface area contributed by atoms with E-state index in [2.05, 4.69) is 29.2 Å². The lowest BCUT2D eigenvalue weighted by atomic mass is 9.96. The molecule has 0 bridgehead atoms. The summed E-state index contributed by atoms with van der Waals surface area (Å²) in [6, 6.07) is 0. The molecule has 2 N–H and O–H groups in total. The molecule has 1 saturated carbocycles. The summed E-state index contributed by atoms with van der Waals surface area (Å²) in [5.74, 6) is 0. The van der Waals surface area contributed by atoms with Crippen molar-refractivity contribution in [3.63, 3.8) is 0 Å². The number of hydrogen-bond acceptors (Lipinski definition) is 3. The largest absolute Gasteiger partial charge is 0.342 e. The van der Waals surface area contributed by atoms with Gasteiger partial charge in [-0.15, -0.1) is 0 Å². The van der Waals surface area contributed by atoms with Crippen LogP contribution in [-0.2, 0) is 6.54 Å². The lowest BCUT2D eigenvalue weighted by molar-refractivity contribution is 0.132. The average Bonchev–Trinajstić information content (AvgIpc) is 2.81. The summed E-state index contributed by atoms with van der Waals surface area (Å²) in [4.78, 5) is 13.8. The van der Waals surface area contributed by atoms with Gasteiger partial charge in [0, 0.05) is 12.1 Å². The zero-order valence-corrected chi connectivity index (χ0v) is 10.6. The van der Waals surface area contributed by atoms with Gasteiger partial charge in [-0.2, -0.15) is 0 Å². The summed E-state index contributed by atoms with van der Waals surface area (Å²) in [5, 5.41) is 5.22. The van der Waals surface area contributed by atoms with Gasteiger partial charge in [0.05, 0.1) is 0 Å². The highest BCUT2D eigenvalue weighted by atomic mass is 32.1. The summed E-state index contributed by atoms with van der Waals surface area (Å²) in [6.07, 6.45) is 4.72. The number of aromatic nitrogens is 3. The predicted molar refractivity (Wildman–Crippen MR) is 65.1 cm³/mol. The van der Waals surface area contributed by atoms with Crippen molar-refractivity contribution in [1.29, 1.82) is 0 Å². The zero-order valence-electron chi connectivity index (χ0n) is 9.75. The van der Waals surface area contributed by atoms with Crippen LogP contribution in [0.2, 0.25) is 0 Å². The minimum Gasteiger partial charge on any atom is -0.302 e. The zero-order chi connectivity index (χ0) is 11.8. The summed E-state index contributed by atoms with van der Waals surface area (Å²) < 4.78 is 2.11. The minimum atomic E-state index is -0.141. The molecule has 1 fully saturated rings. The molecule has 90 valence electrons. The van der Waals surface area contributed by atoms with E-state index in [-0.39, 0.29) is 11.2 Å². The van der Waals surface area contributed by atoms with E-state index in [9.17, 15) is 4.79 Å². The van der Waals surface area contributed by atoms with Crippen molar-refractivity contribution < 1.29 is 0 Å². The molecule has 0 atom stereocenters. The minimum absolute atomic E-state index is 0.0907. The first-order valence-electron chi connectivity index (χ1n) is 5.60. The van der Waals surface area contributed by atoms with Crippen LogP contribution in [-0.4, -0.2) is 39.3 Å². The van der Waals surface area contributed by atoms with E-state index in [0.29, 0.717) is 11.3 Å². The van der Waals surface area contributed by atoms with Crippen molar-refractivity contribution in [3.8, 4) is 0 Å². The third-order valence-electron chi connectivity index (χ3n) is 3.70. The quantitative estimate of drug-likeness (QED) is 0.781. The van der Waals surface area contributed by atoms with Gasteiger partial charge in [-0.1, -0.05) is 12.8 Å². The third kappa shape index (κ3) is 1.87. The van der Waals surface area contributed by atoms with E-state index in [1.165, 1.54) is 12.8 Å². The molecule has 0 saturated heterocycles. The Morgan fingerprint density at radius 3 is 2.44 bits per heavy atom. The first kappa shape index (κ1) is 11.6. The fraction of sp³-hybridized carbons (Fsp3) is 0.800. The molecule has 1 aliphatic rings. The van der Waals surface area contributed by atoms with Crippen molar-refractivity contribution in [3.05, 3.63) is 15.3 Å². The van der Waals surface area contributed by atoms with Crippen molar-refractivity contribution >= 4 is 12.2 Å². The smallest absolute Gasteiger partial charge is 0.302 e. The van der Waals surface area contributed by atoms with E-state index in [1.807, 2.05) is 0 Å². The molecular weight excluding hydrogens is 224 g/mol. The van der Waals surface area contributed by atoms with Gasteiger partial charge in [0.2, 0.25) is 0 Å². The normalized spacial score (nSPS) is 19.4. The Morgan fingerprint density at radius 2 is 2.00 bits per heavy atom. The molecule has 5 nitrogen and oxygen atoms in total. The Morgan fingerprint density at radius 1 is 1.38 bits per heavy atom. The topological polar surface area (TPSA) is 56.8 Å². The molecule has 0 unspecified atom stereocenters. The maximum Gasteiger partial charge on any atom is 0.342 e. The van der Waals surface area contributed by atoms with Crippen LogP contribution in [0, 0.1) is 4.77 Å². The lowest BCUT2D eigenvalue weighted by Gasteiger charge is -2.36. The van der Waals surface area contributed by atoms with Crippen LogP contribution in [0.4, 0.5) is 0 Å². The van der Waals surface area contributed by atoms with Crippen LogP contribution in [0.5, 0.6) is 0 Å². The Balaban J connectivity index is 2.32. The summed E-state index contributed by atoms with van der Waals surface area (Å²) in [5.41, 5.74) is -0.0499. The van der Waals surface area contributed by atoms with E-state index >= 15 is 0 Å². The Kier molecular flexibility index (Phi) is 3.03. The van der Waals surface area contributed by atoms with E-state index in [0.717, 1.165) is 12.8 Å². The van der Waals surface area contributed by atoms with Crippen LogP contribution in [0.25, 0.3) is 0 Å². The van der Waals surface area contributed by atoms with E-state index in [1.54, 1.807) is 4.57 Å². The Labute approximate surface area is 99.5 Å². The van der Waals surface area contributed by atoms with Gasteiger partial charge in [-0.05, 0) is 39.2 Å². The average molecular weight is 242 g/mol. The third-order valence-corrected chi connectivity index (χ3v) is 4.02. The number of nitrogens with zero attached hydrogens (tertiary/aromatic N) is 2. The van der Waals surface area contributed by atoms with Gasteiger partial charge in [-0.3, -0.25) is 9.67 Å². The van der Waals surface area contributed by atoms with Crippen LogP contribution in [0.1, 0.15) is 25.7 Å². The van der Waals surface area contributed by atoms with E-state index in [4.69, 9.17) is 12.2 Å². The molecule has 0 aliphatic heterocycles. The van der Waals surface area contributed by atoms with Crippen LogP contribution < -0.4 is 5.69 Å². The van der Waals surface area contributed by atoms with Gasteiger partial charge in [0.15, 0.2) is 4.77 Å². The highest BCUT2D eigenvalue weighted by molar-refractivity contribution is 7.71. The molecule has 0 radical (unpaired) electrons. The molecule has 0 spiro atoms. The molecule has 6 heteroatoms. The molecule has 0 amide bonds. The summed E-state index contributed by atoms with van der Waals surface area (Å²) in [7, 11) is 4.16. The van der Waals surface area contributed by atoms with E-state index < -0.39 is 0 Å². The molecular formula is C10H18N4OS. The van der Waals surface area contributed by atoms with Crippen molar-refractivity contribution in [2.24, 2.45) is 0 Å². The monoisotopic (exact) mass is 242 g/mol. The molecule has 1 aliphatic carbocycles. The number of rotatable bonds is 3. The second kappa shape index (κ2) is 4.18. The molecule has 0 aromatic carbocycles. The summed E-state index contributed by atoms with van der Waals surface area (Å²) in [6.45, 7) is 0.678. The fourth-order valence-corrected chi connectivity index (χ4v) is 2.75. The number of likely N-dealkylation sites (N-methyl/N-ethyl adjacent to an activating group) is 1. The molecule has 1 aromatic rings. The number of aromatic amines is 2. The summed E-state index contributed by atoms with van der Waals surface area (Å²) >= 11 is 5.10. The Bertz CT molecular complexity index is 436. The highest BCUT2D eigenvalue weighted by Gasteiger charge is 2.36. The number of H-pyrrole nitrogens is 2. The van der Waals surface area contributed by atoms with Crippen molar-refractivity contribution in [2.75, 3.05) is 14.1 Å². The first-order chi connectivity index (χ1) is 7.55. The molecule has 1 heterocycles. The van der Waals surface area contributed by atoms with Gasteiger partial charge in [0.1, 0.15) is 0 Å². The highest BCUT2D eigenvalue weighted by Crippen LogP contribution is 2.34. The van der Waals surface area contributed by atoms with Crippen LogP contribution >= 0.6 is 12.2 Å². The van der Waals surface area contributed by atoms with Crippen molar-refractivity contribution in [1.82, 2.24) is 19.7 Å². The Hall–Kier alpha value is -0.880. The van der Waals surface area contributed by atoms with Gasteiger partial charge in [0.25, 0.3) is 0 Å². The lowest BCUT2D eigenvalue weighted by Crippen LogP contribution is -2.46. The van der Waals surface area contributed by atoms with Gasteiger partial charge in [-0.25, -0.2) is 9.89 Å². The van der Waals surface area contributed by atoms with Gasteiger partial charge < -0.3 is 4.90 Å². The number of nitrogens with one attached hydrogen (secondary N) is 2. The molecule has 1 aromatic heterocycles. The molecule has 16 heavy (non-hydrogen) atoms. The second-order valence-corrected chi connectivity index (χ2v) is 5.16. The number of hydrogen-bond donors (Lipinski definition) is 2.